The molecule has 2 heterocycles. The summed E-state index contributed by atoms with van der Waals surface area (Å²) in [5, 5.41) is 0. The molecule has 1 nitrogen and oxygen atoms in total. The lowest BCUT2D eigenvalue weighted by molar-refractivity contribution is 0.217. The van der Waals surface area contributed by atoms with Crippen LogP contribution >= 0.6 is 0 Å². The highest BCUT2D eigenvalue weighted by Crippen LogP contribution is 2.39. The lowest BCUT2D eigenvalue weighted by Crippen LogP contribution is -2.34. The van der Waals surface area contributed by atoms with Crippen molar-refractivity contribution in [1.82, 2.24) is 4.90 Å². The summed E-state index contributed by atoms with van der Waals surface area (Å²) in [6.45, 7) is 4.01. The van der Waals surface area contributed by atoms with E-state index in [2.05, 4.69) is 11.8 Å². The van der Waals surface area contributed by atoms with E-state index >= 15 is 0 Å². The molecule has 10 heavy (non-hydrogen) atoms. The predicted octanol–water partition coefficient (Wildman–Crippen LogP) is 1.58. The lowest BCUT2D eigenvalue weighted by Gasteiger charge is -2.25. The van der Waals surface area contributed by atoms with Crippen LogP contribution in [-0.2, 0) is 0 Å². The van der Waals surface area contributed by atoms with Crippen molar-refractivity contribution in [2.45, 2.75) is 37.9 Å². The van der Waals surface area contributed by atoms with Crippen molar-refractivity contribution in [3.63, 3.8) is 0 Å². The van der Waals surface area contributed by atoms with Crippen LogP contribution in [0.15, 0.2) is 0 Å². The first-order valence-electron chi connectivity index (χ1n) is 4.10. The van der Waals surface area contributed by atoms with Crippen LogP contribution in [0.25, 0.3) is 0 Å². The topological polar surface area (TPSA) is 3.24 Å². The number of alkyl halides is 1. The number of hydrogen-bond acceptors (Lipinski definition) is 1. The molecule has 2 atom stereocenters. The summed E-state index contributed by atoms with van der Waals surface area (Å²) in [6.07, 6.45) is 2.69. The summed E-state index contributed by atoms with van der Waals surface area (Å²) in [4.78, 5) is 2.30. The van der Waals surface area contributed by atoms with Crippen LogP contribution < -0.4 is 0 Å². The molecular formula is C8H14FN. The fourth-order valence-electron chi connectivity index (χ4n) is 2.40. The molecule has 2 rings (SSSR count). The number of nitrogens with zero attached hydrogens (tertiary/aromatic N) is 1. The third kappa shape index (κ3) is 0.782. The van der Waals surface area contributed by atoms with Crippen LogP contribution in [0.2, 0.25) is 0 Å². The van der Waals surface area contributed by atoms with Gasteiger partial charge in [0.1, 0.15) is 6.17 Å². The van der Waals surface area contributed by atoms with Gasteiger partial charge >= 0.3 is 0 Å². The Labute approximate surface area is 61.2 Å². The van der Waals surface area contributed by atoms with Crippen LogP contribution in [0.5, 0.6) is 0 Å². The van der Waals surface area contributed by atoms with E-state index in [1.807, 2.05) is 0 Å². The van der Waals surface area contributed by atoms with E-state index in [4.69, 9.17) is 0 Å². The smallest absolute Gasteiger partial charge is 0.115 e. The third-order valence-corrected chi connectivity index (χ3v) is 2.99. The Hall–Kier alpha value is -0.110. The van der Waals surface area contributed by atoms with E-state index in [0.717, 1.165) is 13.0 Å². The van der Waals surface area contributed by atoms with E-state index in [-0.39, 0.29) is 5.54 Å². The minimum absolute atomic E-state index is 0.236. The van der Waals surface area contributed by atoms with Crippen LogP contribution in [0.3, 0.4) is 0 Å². The van der Waals surface area contributed by atoms with Gasteiger partial charge in [0.05, 0.1) is 0 Å². The summed E-state index contributed by atoms with van der Waals surface area (Å²) in [5.74, 6) is 0. The number of fused-ring (bicyclic) bond motifs is 1. The molecule has 58 valence electrons. The molecule has 0 aromatic rings. The van der Waals surface area contributed by atoms with E-state index in [1.54, 1.807) is 0 Å². The normalized spacial score (nSPS) is 48.0. The van der Waals surface area contributed by atoms with Crippen molar-refractivity contribution in [3.05, 3.63) is 0 Å². The molecule has 0 aliphatic carbocycles. The first-order chi connectivity index (χ1) is 4.71. The second kappa shape index (κ2) is 1.94. The van der Waals surface area contributed by atoms with Gasteiger partial charge in [-0.1, -0.05) is 0 Å². The molecular weight excluding hydrogens is 129 g/mol. The fourth-order valence-corrected chi connectivity index (χ4v) is 2.40. The van der Waals surface area contributed by atoms with E-state index in [1.165, 1.54) is 12.8 Å². The molecule has 0 aromatic heterocycles. The Bertz CT molecular complexity index is 148. The molecule has 0 N–H and O–H groups in total. The van der Waals surface area contributed by atoms with Crippen LogP contribution in [0.4, 0.5) is 4.39 Å². The van der Waals surface area contributed by atoms with Gasteiger partial charge in [0.2, 0.25) is 0 Å². The maximum absolute atomic E-state index is 12.8. The molecule has 0 radical (unpaired) electrons. The predicted molar refractivity (Wildman–Crippen MR) is 38.7 cm³/mol. The molecule has 0 amide bonds. The molecule has 2 aliphatic heterocycles. The second-order valence-corrected chi connectivity index (χ2v) is 3.85. The van der Waals surface area contributed by atoms with Crippen molar-refractivity contribution < 1.29 is 4.39 Å². The summed E-state index contributed by atoms with van der Waals surface area (Å²) < 4.78 is 12.8. The van der Waals surface area contributed by atoms with Gasteiger partial charge in [-0.15, -0.1) is 0 Å². The van der Waals surface area contributed by atoms with Crippen molar-refractivity contribution in [2.24, 2.45) is 0 Å². The molecule has 2 aliphatic rings. The molecule has 1 unspecified atom stereocenters. The molecule has 2 heteroatoms. The Morgan fingerprint density at radius 3 is 3.10 bits per heavy atom. The van der Waals surface area contributed by atoms with E-state index < -0.39 is 6.17 Å². The van der Waals surface area contributed by atoms with Gasteiger partial charge < -0.3 is 0 Å². The van der Waals surface area contributed by atoms with Crippen molar-refractivity contribution >= 4 is 0 Å². The highest BCUT2D eigenvalue weighted by molar-refractivity contribution is 5.00. The van der Waals surface area contributed by atoms with Crippen LogP contribution in [-0.4, -0.2) is 29.7 Å². The molecule has 0 aromatic carbocycles. The Kier molecular flexibility index (Phi) is 1.28. The van der Waals surface area contributed by atoms with Gasteiger partial charge in [-0.3, -0.25) is 4.90 Å². The van der Waals surface area contributed by atoms with Crippen LogP contribution in [0.1, 0.15) is 26.2 Å². The molecule has 0 spiro atoms. The Morgan fingerprint density at radius 2 is 2.40 bits per heavy atom. The lowest BCUT2D eigenvalue weighted by atomic mass is 9.97. The fraction of sp³-hybridized carbons (Fsp3) is 1.00. The van der Waals surface area contributed by atoms with Gasteiger partial charge in [-0.05, 0) is 32.7 Å². The molecule has 2 fully saturated rings. The minimum atomic E-state index is -0.551. The first-order valence-corrected chi connectivity index (χ1v) is 4.10. The van der Waals surface area contributed by atoms with Gasteiger partial charge in [0.15, 0.2) is 0 Å². The van der Waals surface area contributed by atoms with Gasteiger partial charge in [-0.25, -0.2) is 4.39 Å². The maximum atomic E-state index is 12.8. The second-order valence-electron chi connectivity index (χ2n) is 3.85. The van der Waals surface area contributed by atoms with Gasteiger partial charge in [0.25, 0.3) is 0 Å². The average molecular weight is 143 g/mol. The minimum Gasteiger partial charge on any atom is -0.295 e. The monoisotopic (exact) mass is 143 g/mol. The molecule has 0 saturated carbocycles. The Morgan fingerprint density at radius 1 is 1.60 bits per heavy atom. The Balaban J connectivity index is 2.15. The van der Waals surface area contributed by atoms with Crippen LogP contribution in [0, 0.1) is 0 Å². The maximum Gasteiger partial charge on any atom is 0.115 e. The summed E-state index contributed by atoms with van der Waals surface area (Å²) in [6, 6.07) is 0. The third-order valence-electron chi connectivity index (χ3n) is 2.99. The summed E-state index contributed by atoms with van der Waals surface area (Å²) >= 11 is 0. The van der Waals surface area contributed by atoms with Crippen molar-refractivity contribution in [3.8, 4) is 0 Å². The zero-order valence-corrected chi connectivity index (χ0v) is 6.44. The number of halogens is 1. The number of hydrogen-bond donors (Lipinski definition) is 0. The number of rotatable bonds is 0. The summed E-state index contributed by atoms with van der Waals surface area (Å²) in [7, 11) is 0. The average Bonchev–Trinajstić information content (AvgIpc) is 2.20. The van der Waals surface area contributed by atoms with Crippen molar-refractivity contribution in [1.29, 1.82) is 0 Å². The highest BCUT2D eigenvalue weighted by Gasteiger charge is 2.44. The summed E-state index contributed by atoms with van der Waals surface area (Å²) in [5.41, 5.74) is 0.236. The van der Waals surface area contributed by atoms with Gasteiger partial charge in [0, 0.05) is 12.1 Å². The molecule has 2 saturated heterocycles. The zero-order valence-electron chi connectivity index (χ0n) is 6.44. The van der Waals surface area contributed by atoms with E-state index in [9.17, 15) is 4.39 Å². The SMILES string of the molecule is CC12CCCN1C[C@@H](F)C2. The first kappa shape index (κ1) is 6.59. The largest absolute Gasteiger partial charge is 0.295 e. The molecule has 0 bridgehead atoms. The standard InChI is InChI=1S/C8H14FN/c1-8-3-2-4-10(8)6-7(9)5-8/h7H,2-6H2,1H3/t7-,8?/m0/s1. The quantitative estimate of drug-likeness (QED) is 0.497. The van der Waals surface area contributed by atoms with Crippen molar-refractivity contribution in [2.75, 3.05) is 13.1 Å². The van der Waals surface area contributed by atoms with E-state index in [0.29, 0.717) is 6.54 Å². The van der Waals surface area contributed by atoms with Gasteiger partial charge in [-0.2, -0.15) is 0 Å². The highest BCUT2D eigenvalue weighted by atomic mass is 19.1. The zero-order chi connectivity index (χ0) is 7.19.